The van der Waals surface area contributed by atoms with Gasteiger partial charge in [0.1, 0.15) is 0 Å². The lowest BCUT2D eigenvalue weighted by molar-refractivity contribution is -0.113. The number of anilines is 2. The Hall–Kier alpha value is -2.11. The Kier molecular flexibility index (Phi) is 4.83. The highest BCUT2D eigenvalue weighted by Crippen LogP contribution is 2.62. The maximum absolute atomic E-state index is 14.1. The van der Waals surface area contributed by atoms with Crippen molar-refractivity contribution >= 4 is 45.2 Å². The van der Waals surface area contributed by atoms with E-state index in [0.29, 0.717) is 38.9 Å². The average Bonchev–Trinajstić information content (AvgIpc) is 3.07. The number of carbonyl (C=O) groups is 2. The lowest BCUT2D eigenvalue weighted by atomic mass is 9.48. The van der Waals surface area contributed by atoms with Gasteiger partial charge in [0, 0.05) is 33.2 Å². The maximum atomic E-state index is 14.1. The molecule has 1 aromatic carbocycles. The third-order valence-corrected chi connectivity index (χ3v) is 9.96. The molecule has 5 aliphatic rings. The number of halogens is 1. The summed E-state index contributed by atoms with van der Waals surface area (Å²) in [6.45, 7) is 3.53. The van der Waals surface area contributed by atoms with Crippen LogP contribution in [0.4, 0.5) is 10.7 Å². The Balaban J connectivity index is 1.46. The van der Waals surface area contributed by atoms with Crippen LogP contribution in [0.15, 0.2) is 35.5 Å². The van der Waals surface area contributed by atoms with Gasteiger partial charge in [0.2, 0.25) is 0 Å². The van der Waals surface area contributed by atoms with E-state index in [1.807, 2.05) is 31.2 Å². The van der Waals surface area contributed by atoms with Crippen molar-refractivity contribution in [3.63, 3.8) is 0 Å². The highest BCUT2D eigenvalue weighted by Gasteiger charge is 2.55. The van der Waals surface area contributed by atoms with Crippen molar-refractivity contribution in [2.24, 2.45) is 23.2 Å². The first kappa shape index (κ1) is 21.4. The second-order valence-electron chi connectivity index (χ2n) is 10.8. The van der Waals surface area contributed by atoms with Crippen molar-refractivity contribution in [3.8, 4) is 0 Å². The predicted molar refractivity (Wildman–Crippen MR) is 134 cm³/mol. The number of nitrogens with two attached hydrogens (primary N) is 1. The molecule has 33 heavy (non-hydrogen) atoms. The fourth-order valence-corrected chi connectivity index (χ4v) is 9.09. The van der Waals surface area contributed by atoms with E-state index in [2.05, 4.69) is 5.32 Å². The summed E-state index contributed by atoms with van der Waals surface area (Å²) in [5.74, 6) is 2.05. The van der Waals surface area contributed by atoms with E-state index in [4.69, 9.17) is 17.3 Å². The second-order valence-corrected chi connectivity index (χ2v) is 12.3. The van der Waals surface area contributed by atoms with Crippen LogP contribution in [0, 0.1) is 23.2 Å². The fraction of sp³-hybridized carbons (Fsp3) is 0.481. The molecule has 0 amide bonds. The van der Waals surface area contributed by atoms with Gasteiger partial charge in [-0.3, -0.25) is 9.59 Å². The van der Waals surface area contributed by atoms with Crippen molar-refractivity contribution in [2.75, 3.05) is 11.1 Å². The summed E-state index contributed by atoms with van der Waals surface area (Å²) < 4.78 is 0. The number of allylic oxidation sites excluding steroid dienone is 2. The van der Waals surface area contributed by atoms with Gasteiger partial charge in [0.15, 0.2) is 11.6 Å². The first-order chi connectivity index (χ1) is 15.8. The van der Waals surface area contributed by atoms with Crippen LogP contribution in [0.2, 0.25) is 5.02 Å². The fourth-order valence-electron chi connectivity index (χ4n) is 7.69. The van der Waals surface area contributed by atoms with Crippen LogP contribution in [0.1, 0.15) is 79.1 Å². The zero-order valence-corrected chi connectivity index (χ0v) is 20.6. The molecular formula is C27H29ClN2O2S. The minimum atomic E-state index is -0.301. The summed E-state index contributed by atoms with van der Waals surface area (Å²) in [6.07, 6.45) is 6.95. The molecule has 7 rings (SSSR count). The number of hydrogen-bond donors (Lipinski definition) is 2. The van der Waals surface area contributed by atoms with Crippen molar-refractivity contribution in [1.82, 2.24) is 0 Å². The SMILES string of the molecule is CC(=O)C1=C(C)Nc2sc(C(=O)C34CC5CC(CC(C5)C3)C4)c(N)c2[C@@H]1c1ccc(Cl)cc1. The van der Waals surface area contributed by atoms with Gasteiger partial charge < -0.3 is 11.1 Å². The van der Waals surface area contributed by atoms with Crippen LogP contribution in [-0.4, -0.2) is 11.6 Å². The Labute approximate surface area is 203 Å². The van der Waals surface area contributed by atoms with Gasteiger partial charge >= 0.3 is 0 Å². The van der Waals surface area contributed by atoms with E-state index in [1.165, 1.54) is 30.6 Å². The van der Waals surface area contributed by atoms with Crippen LogP contribution in [0.25, 0.3) is 0 Å². The highest BCUT2D eigenvalue weighted by molar-refractivity contribution is 7.19. The number of nitrogen functional groups attached to an aromatic ring is 1. The molecule has 2 aromatic rings. The second kappa shape index (κ2) is 7.44. The molecule has 4 saturated carbocycles. The molecule has 4 bridgehead atoms. The summed E-state index contributed by atoms with van der Waals surface area (Å²) in [7, 11) is 0. The van der Waals surface area contributed by atoms with Gasteiger partial charge in [-0.1, -0.05) is 23.7 Å². The summed E-state index contributed by atoms with van der Waals surface area (Å²) >= 11 is 7.63. The van der Waals surface area contributed by atoms with Gasteiger partial charge in [-0.25, -0.2) is 0 Å². The number of carbonyl (C=O) groups excluding carboxylic acids is 2. The molecule has 4 aliphatic carbocycles. The first-order valence-electron chi connectivity index (χ1n) is 12.0. The van der Waals surface area contributed by atoms with Crippen LogP contribution in [0.5, 0.6) is 0 Å². The standard InChI is InChI=1S/C27H29ClN2O2S/c1-13-20(14(2)31)21(18-3-5-19(28)6-4-18)22-23(29)24(33-26(22)30-13)25(32)27-10-15-7-16(11-27)9-17(8-15)12-27/h3-6,15-17,21,30H,7-12,29H2,1-2H3/t15?,16?,17?,21-,27?/m1/s1. The molecule has 1 atom stereocenters. The molecular weight excluding hydrogens is 452 g/mol. The lowest BCUT2D eigenvalue weighted by Crippen LogP contribution is -2.50. The highest BCUT2D eigenvalue weighted by atomic mass is 35.5. The van der Waals surface area contributed by atoms with Crippen molar-refractivity contribution in [2.45, 2.75) is 58.3 Å². The predicted octanol–water partition coefficient (Wildman–Crippen LogP) is 6.80. The number of benzene rings is 1. The van der Waals surface area contributed by atoms with Crippen LogP contribution >= 0.6 is 22.9 Å². The third-order valence-electron chi connectivity index (χ3n) is 8.57. The Morgan fingerprint density at radius 1 is 1.06 bits per heavy atom. The number of thiophene rings is 1. The monoisotopic (exact) mass is 480 g/mol. The minimum Gasteiger partial charge on any atom is -0.397 e. The van der Waals surface area contributed by atoms with Crippen molar-refractivity contribution < 1.29 is 9.59 Å². The maximum Gasteiger partial charge on any atom is 0.181 e. The number of ketones is 2. The summed E-state index contributed by atoms with van der Waals surface area (Å²) in [4.78, 5) is 27.5. The zero-order valence-electron chi connectivity index (χ0n) is 19.0. The molecule has 2 heterocycles. The molecule has 0 saturated heterocycles. The molecule has 3 N–H and O–H groups in total. The topological polar surface area (TPSA) is 72.2 Å². The number of Topliss-reactive ketones (excluding diaryl/α,β-unsaturated/α-hetero) is 2. The Bertz CT molecular complexity index is 1170. The molecule has 4 nitrogen and oxygen atoms in total. The van der Waals surface area contributed by atoms with Crippen molar-refractivity contribution in [3.05, 3.63) is 56.6 Å². The molecule has 0 spiro atoms. The van der Waals surface area contributed by atoms with Gasteiger partial charge in [-0.05, 0) is 87.8 Å². The molecule has 1 aromatic heterocycles. The summed E-state index contributed by atoms with van der Waals surface area (Å²) in [5, 5.41) is 4.95. The summed E-state index contributed by atoms with van der Waals surface area (Å²) in [5.41, 5.74) is 10.5. The third kappa shape index (κ3) is 3.23. The number of fused-ring (bicyclic) bond motifs is 1. The van der Waals surface area contributed by atoms with Crippen LogP contribution < -0.4 is 11.1 Å². The largest absolute Gasteiger partial charge is 0.397 e. The normalized spacial score (nSPS) is 32.0. The molecule has 0 radical (unpaired) electrons. The van der Waals surface area contributed by atoms with Gasteiger partial charge in [0.05, 0.1) is 15.6 Å². The van der Waals surface area contributed by atoms with Gasteiger partial charge in [0.25, 0.3) is 0 Å². The quantitative estimate of drug-likeness (QED) is 0.472. The van der Waals surface area contributed by atoms with E-state index in [-0.39, 0.29) is 22.9 Å². The minimum absolute atomic E-state index is 0.00478. The van der Waals surface area contributed by atoms with Gasteiger partial charge in [-0.2, -0.15) is 0 Å². The number of hydrogen-bond acceptors (Lipinski definition) is 5. The van der Waals surface area contributed by atoms with Gasteiger partial charge in [-0.15, -0.1) is 11.3 Å². The Morgan fingerprint density at radius 3 is 2.18 bits per heavy atom. The van der Waals surface area contributed by atoms with E-state index >= 15 is 0 Å². The smallest absolute Gasteiger partial charge is 0.181 e. The lowest BCUT2D eigenvalue weighted by Gasteiger charge is -2.55. The van der Waals surface area contributed by atoms with E-state index in [9.17, 15) is 9.59 Å². The first-order valence-corrected chi connectivity index (χ1v) is 13.2. The summed E-state index contributed by atoms with van der Waals surface area (Å²) in [6, 6.07) is 7.59. The van der Waals surface area contributed by atoms with E-state index in [1.54, 1.807) is 6.92 Å². The molecule has 4 fully saturated rings. The van der Waals surface area contributed by atoms with Crippen LogP contribution in [-0.2, 0) is 4.79 Å². The average molecular weight is 481 g/mol. The number of nitrogens with one attached hydrogen (secondary N) is 1. The Morgan fingerprint density at radius 2 is 1.64 bits per heavy atom. The molecule has 172 valence electrons. The van der Waals surface area contributed by atoms with Crippen LogP contribution in [0.3, 0.4) is 0 Å². The zero-order chi connectivity index (χ0) is 23.1. The van der Waals surface area contributed by atoms with E-state index < -0.39 is 0 Å². The molecule has 0 unspecified atom stereocenters. The molecule has 6 heteroatoms. The molecule has 1 aliphatic heterocycles. The van der Waals surface area contributed by atoms with E-state index in [0.717, 1.165) is 41.1 Å². The van der Waals surface area contributed by atoms with Crippen molar-refractivity contribution in [1.29, 1.82) is 0 Å². The number of rotatable bonds is 4.